The first-order valence-corrected chi connectivity index (χ1v) is 17.3. The molecule has 2 aromatic carbocycles. The lowest BCUT2D eigenvalue weighted by Gasteiger charge is -2.61. The molecule has 1 aliphatic heterocycles. The van der Waals surface area contributed by atoms with Crippen LogP contribution in [0.3, 0.4) is 0 Å². The summed E-state index contributed by atoms with van der Waals surface area (Å²) < 4.78 is 21.1. The van der Waals surface area contributed by atoms with Gasteiger partial charge in [-0.15, -0.1) is 0 Å². The number of nitrogens with zero attached hydrogens (tertiary/aromatic N) is 5. The van der Waals surface area contributed by atoms with Gasteiger partial charge >= 0.3 is 0 Å². The minimum Gasteiger partial charge on any atom is -0.497 e. The molecule has 1 aromatic heterocycles. The molecular weight excluding hydrogens is 579 g/mol. The SMILES string of the molecule is CCC(CC)N1CCN(C(=NC2C[C@@H]3C[C@H]([C@@H]2C)C3(C)C)Nc2ccc3c(=O)n(CCc4ccc(OC)cc4F)cnc3c2)CC1.[HH]. The van der Waals surface area contributed by atoms with E-state index in [9.17, 15) is 9.18 Å². The van der Waals surface area contributed by atoms with Crippen molar-refractivity contribution in [3.63, 3.8) is 0 Å². The van der Waals surface area contributed by atoms with Gasteiger partial charge in [0.05, 0.1) is 30.4 Å². The van der Waals surface area contributed by atoms with E-state index in [1.165, 1.54) is 32.4 Å². The van der Waals surface area contributed by atoms with E-state index in [4.69, 9.17) is 9.73 Å². The number of anilines is 1. The molecule has 2 heterocycles. The fourth-order valence-electron chi connectivity index (χ4n) is 8.37. The fraction of sp³-hybridized carbons (Fsp3) is 0.595. The Morgan fingerprint density at radius 3 is 2.54 bits per heavy atom. The van der Waals surface area contributed by atoms with E-state index >= 15 is 0 Å². The maximum Gasteiger partial charge on any atom is 0.261 e. The molecule has 9 heteroatoms. The van der Waals surface area contributed by atoms with Gasteiger partial charge < -0.3 is 15.0 Å². The molecule has 0 spiro atoms. The fourth-order valence-corrected chi connectivity index (χ4v) is 8.37. The van der Waals surface area contributed by atoms with Gasteiger partial charge in [0.25, 0.3) is 5.56 Å². The first-order chi connectivity index (χ1) is 22.1. The smallest absolute Gasteiger partial charge is 0.261 e. The molecule has 250 valence electrons. The lowest BCUT2D eigenvalue weighted by atomic mass is 9.45. The van der Waals surface area contributed by atoms with Crippen molar-refractivity contribution in [2.75, 3.05) is 38.6 Å². The Morgan fingerprint density at radius 2 is 1.89 bits per heavy atom. The number of benzene rings is 2. The zero-order valence-corrected chi connectivity index (χ0v) is 28.4. The number of hydrogen-bond donors (Lipinski definition) is 1. The zero-order valence-electron chi connectivity index (χ0n) is 28.4. The zero-order chi connectivity index (χ0) is 32.6. The molecule has 2 bridgehead atoms. The Labute approximate surface area is 274 Å². The van der Waals surface area contributed by atoms with Crippen LogP contribution in [-0.4, -0.2) is 70.7 Å². The van der Waals surface area contributed by atoms with Crippen LogP contribution in [0.25, 0.3) is 10.9 Å². The Balaban J connectivity index is 0.00000433. The highest BCUT2D eigenvalue weighted by Gasteiger charge is 2.56. The quantitative estimate of drug-likeness (QED) is 0.210. The number of hydrogen-bond acceptors (Lipinski definition) is 5. The number of halogens is 1. The highest BCUT2D eigenvalue weighted by molar-refractivity contribution is 5.96. The molecule has 0 amide bonds. The van der Waals surface area contributed by atoms with Crippen LogP contribution in [0, 0.1) is 29.0 Å². The summed E-state index contributed by atoms with van der Waals surface area (Å²) in [7, 11) is 1.51. The number of aromatic nitrogens is 2. The standard InChI is InChI=1S/C37H51FN6O2.H2/c1-7-28(8-2)42-15-17-43(18-16-42)36(41-33-20-26-19-31(24(33)3)37(26,4)5)40-27-10-12-30-34(21-27)39-23-44(35(30)45)14-13-25-9-11-29(46-6)22-32(25)38;/h9-12,21-24,26,28,31,33H,7-8,13-20H2,1-6H3,(H,40,41);1H/t24-,26-,31+,33?;/m0./s1. The van der Waals surface area contributed by atoms with Crippen LogP contribution in [0.15, 0.2) is 52.5 Å². The van der Waals surface area contributed by atoms with Crippen molar-refractivity contribution in [3.8, 4) is 5.75 Å². The second-order valence-corrected chi connectivity index (χ2v) is 14.3. The second kappa shape index (κ2) is 13.3. The minimum absolute atomic E-state index is 0. The highest BCUT2D eigenvalue weighted by atomic mass is 19.1. The number of fused-ring (bicyclic) bond motifs is 3. The Bertz CT molecular complexity index is 1630. The third-order valence-electron chi connectivity index (χ3n) is 11.6. The van der Waals surface area contributed by atoms with E-state index in [1.54, 1.807) is 23.0 Å². The maximum atomic E-state index is 14.5. The number of guanidine groups is 1. The summed E-state index contributed by atoms with van der Waals surface area (Å²) in [5, 5.41) is 4.23. The molecule has 3 aliphatic carbocycles. The first kappa shape index (κ1) is 32.5. The van der Waals surface area contributed by atoms with Crippen molar-refractivity contribution in [2.45, 2.75) is 85.4 Å². The monoisotopic (exact) mass is 632 g/mol. The van der Waals surface area contributed by atoms with Gasteiger partial charge in [-0.1, -0.05) is 40.7 Å². The summed E-state index contributed by atoms with van der Waals surface area (Å²) in [6.45, 7) is 16.1. The van der Waals surface area contributed by atoms with Crippen LogP contribution < -0.4 is 15.6 Å². The summed E-state index contributed by atoms with van der Waals surface area (Å²) in [5.74, 6) is 3.08. The number of aliphatic imine (C=N–C) groups is 1. The predicted octanol–water partition coefficient (Wildman–Crippen LogP) is 6.68. The van der Waals surface area contributed by atoms with E-state index in [0.717, 1.165) is 56.1 Å². The number of aryl methyl sites for hydroxylation is 2. The molecule has 4 aliphatic rings. The van der Waals surface area contributed by atoms with E-state index < -0.39 is 0 Å². The molecule has 1 N–H and O–H groups in total. The van der Waals surface area contributed by atoms with E-state index in [1.807, 2.05) is 18.2 Å². The normalized spacial score (nSPS) is 24.7. The van der Waals surface area contributed by atoms with Crippen molar-refractivity contribution in [2.24, 2.45) is 28.2 Å². The molecule has 1 saturated heterocycles. The van der Waals surface area contributed by atoms with Gasteiger partial charge in [0, 0.05) is 51.9 Å². The van der Waals surface area contributed by atoms with Gasteiger partial charge in [0.2, 0.25) is 0 Å². The van der Waals surface area contributed by atoms with Gasteiger partial charge in [0.15, 0.2) is 5.96 Å². The molecular formula is C37H53FN6O2. The molecule has 4 atom stereocenters. The molecule has 4 fully saturated rings. The predicted molar refractivity (Wildman–Crippen MR) is 186 cm³/mol. The van der Waals surface area contributed by atoms with Crippen LogP contribution in [0.5, 0.6) is 5.75 Å². The average Bonchev–Trinajstić information content (AvgIpc) is 3.06. The second-order valence-electron chi connectivity index (χ2n) is 14.3. The third-order valence-corrected chi connectivity index (χ3v) is 11.6. The van der Waals surface area contributed by atoms with Gasteiger partial charge in [-0.25, -0.2) is 14.4 Å². The maximum absolute atomic E-state index is 14.5. The number of rotatable bonds is 9. The molecule has 1 unspecified atom stereocenters. The van der Waals surface area contributed by atoms with Crippen molar-refractivity contribution in [3.05, 3.63) is 64.5 Å². The highest BCUT2D eigenvalue weighted by Crippen LogP contribution is 2.61. The van der Waals surface area contributed by atoms with Crippen molar-refractivity contribution in [1.82, 2.24) is 19.4 Å². The molecule has 3 aromatic rings. The summed E-state index contributed by atoms with van der Waals surface area (Å²) in [6, 6.07) is 11.5. The summed E-state index contributed by atoms with van der Waals surface area (Å²) in [6.07, 6.45) is 6.78. The summed E-state index contributed by atoms with van der Waals surface area (Å²) in [5.41, 5.74) is 2.34. The first-order valence-electron chi connectivity index (χ1n) is 17.3. The van der Waals surface area contributed by atoms with Gasteiger partial charge in [-0.3, -0.25) is 14.3 Å². The molecule has 8 nitrogen and oxygen atoms in total. The Morgan fingerprint density at radius 1 is 1.13 bits per heavy atom. The molecule has 3 saturated carbocycles. The van der Waals surface area contributed by atoms with Crippen LogP contribution in [0.2, 0.25) is 0 Å². The summed E-state index contributed by atoms with van der Waals surface area (Å²) in [4.78, 5) is 28.5. The van der Waals surface area contributed by atoms with E-state index in [2.05, 4.69) is 54.7 Å². The lowest BCUT2D eigenvalue weighted by Crippen LogP contribution is -2.57. The van der Waals surface area contributed by atoms with E-state index in [-0.39, 0.29) is 12.8 Å². The largest absolute Gasteiger partial charge is 0.497 e. The molecule has 46 heavy (non-hydrogen) atoms. The number of methoxy groups -OCH3 is 1. The third kappa shape index (κ3) is 6.27. The van der Waals surface area contributed by atoms with Crippen LogP contribution in [0.4, 0.5) is 10.1 Å². The van der Waals surface area contributed by atoms with Crippen molar-refractivity contribution >= 4 is 22.5 Å². The number of nitrogens with one attached hydrogen (secondary N) is 1. The van der Waals surface area contributed by atoms with Gasteiger partial charge in [-0.05, 0) is 85.1 Å². The summed E-state index contributed by atoms with van der Waals surface area (Å²) >= 11 is 0. The van der Waals surface area contributed by atoms with E-state index in [0.29, 0.717) is 58.6 Å². The number of ether oxygens (including phenoxy) is 1. The van der Waals surface area contributed by atoms with Crippen molar-refractivity contribution in [1.29, 1.82) is 0 Å². The minimum atomic E-state index is -0.338. The van der Waals surface area contributed by atoms with Gasteiger partial charge in [-0.2, -0.15) is 0 Å². The van der Waals surface area contributed by atoms with Gasteiger partial charge in [0.1, 0.15) is 11.6 Å². The van der Waals surface area contributed by atoms with Crippen molar-refractivity contribution < 1.29 is 10.6 Å². The van der Waals surface area contributed by atoms with Crippen LogP contribution in [-0.2, 0) is 13.0 Å². The average molecular weight is 633 g/mol. The Kier molecular flexibility index (Phi) is 9.42. The topological polar surface area (TPSA) is 75.0 Å². The molecule has 7 rings (SSSR count). The molecule has 0 radical (unpaired) electrons. The lowest BCUT2D eigenvalue weighted by molar-refractivity contribution is -0.108. The van der Waals surface area contributed by atoms with Crippen LogP contribution >= 0.6 is 0 Å². The number of piperazine rings is 1. The Hall–Kier alpha value is -3.46. The van der Waals surface area contributed by atoms with Crippen LogP contribution in [0.1, 0.15) is 67.3 Å².